The lowest BCUT2D eigenvalue weighted by Gasteiger charge is -2.28. The fraction of sp³-hybridized carbons (Fsp3) is 0.889. The van der Waals surface area contributed by atoms with E-state index >= 15 is 0 Å². The Balaban J connectivity index is 2.34. The molecule has 1 heterocycles. The second-order valence-corrected chi connectivity index (χ2v) is 6.43. The van der Waals surface area contributed by atoms with E-state index in [0.717, 1.165) is 0 Å². The summed E-state index contributed by atoms with van der Waals surface area (Å²) >= 11 is 5.01. The fourth-order valence-electron chi connectivity index (χ4n) is 1.27. The number of aliphatic hydroxyl groups excluding tert-OH is 1. The molecule has 0 spiro atoms. The zero-order valence-corrected chi connectivity index (χ0v) is 10.9. The summed E-state index contributed by atoms with van der Waals surface area (Å²) in [6, 6.07) is 0. The molecule has 0 aliphatic carbocycles. The molecule has 0 saturated carbocycles. The topological polar surface area (TPSA) is 66.8 Å². The summed E-state index contributed by atoms with van der Waals surface area (Å²) in [7, 11) is -2.89. The first-order valence-electron chi connectivity index (χ1n) is 5.25. The van der Waals surface area contributed by atoms with E-state index in [2.05, 4.69) is 0 Å². The summed E-state index contributed by atoms with van der Waals surface area (Å²) in [6.45, 7) is 2.77. The number of sulfone groups is 1. The van der Waals surface area contributed by atoms with Gasteiger partial charge in [0, 0.05) is 13.1 Å². The molecule has 0 amide bonds. The zero-order chi connectivity index (χ0) is 12.2. The minimum absolute atomic E-state index is 0.118. The summed E-state index contributed by atoms with van der Waals surface area (Å²) in [5, 5.41) is 9.57. The summed E-state index contributed by atoms with van der Waals surface area (Å²) < 4.78 is 27.6. The van der Waals surface area contributed by atoms with Gasteiger partial charge < -0.3 is 14.7 Å². The van der Waals surface area contributed by atoms with E-state index in [9.17, 15) is 13.5 Å². The Morgan fingerprint density at radius 2 is 2.06 bits per heavy atom. The van der Waals surface area contributed by atoms with Crippen LogP contribution >= 0.6 is 12.2 Å². The number of rotatable bonds is 3. The predicted octanol–water partition coefficient (Wildman–Crippen LogP) is -0.211. The molecule has 1 rings (SSSR count). The minimum atomic E-state index is -2.89. The number of hydrogen-bond acceptors (Lipinski definition) is 5. The number of ether oxygens (including phenoxy) is 1. The SMILES string of the molecule is CC[C@H](O)COC(=S)N1CCS(=O)(=O)CC1. The molecule has 1 N–H and O–H groups in total. The maximum absolute atomic E-state index is 11.2. The van der Waals surface area contributed by atoms with Crippen LogP contribution in [0.3, 0.4) is 0 Å². The number of nitrogens with zero attached hydrogens (tertiary/aromatic N) is 1. The van der Waals surface area contributed by atoms with Crippen LogP contribution in [0.4, 0.5) is 0 Å². The van der Waals surface area contributed by atoms with Crippen LogP contribution in [0.15, 0.2) is 0 Å². The van der Waals surface area contributed by atoms with Crippen LogP contribution in [0.5, 0.6) is 0 Å². The van der Waals surface area contributed by atoms with Crippen LogP contribution in [0.2, 0.25) is 0 Å². The second kappa shape index (κ2) is 5.79. The first-order valence-corrected chi connectivity index (χ1v) is 7.48. The highest BCUT2D eigenvalue weighted by Gasteiger charge is 2.24. The van der Waals surface area contributed by atoms with E-state index in [4.69, 9.17) is 17.0 Å². The summed E-state index contributed by atoms with van der Waals surface area (Å²) in [6.07, 6.45) is 0.0863. The van der Waals surface area contributed by atoms with Crippen molar-refractivity contribution in [3.8, 4) is 0 Å². The number of hydrogen-bond donors (Lipinski definition) is 1. The molecule has 1 saturated heterocycles. The van der Waals surface area contributed by atoms with Gasteiger partial charge >= 0.3 is 0 Å². The van der Waals surface area contributed by atoms with Gasteiger partial charge in [0.1, 0.15) is 6.61 Å². The molecule has 94 valence electrons. The molecular weight excluding hydrogens is 250 g/mol. The molecule has 0 aromatic carbocycles. The predicted molar refractivity (Wildman–Crippen MR) is 65.1 cm³/mol. The van der Waals surface area contributed by atoms with E-state index in [1.54, 1.807) is 4.90 Å². The van der Waals surface area contributed by atoms with Crippen LogP contribution in [0.25, 0.3) is 0 Å². The van der Waals surface area contributed by atoms with Crippen molar-refractivity contribution in [1.82, 2.24) is 4.90 Å². The summed E-state index contributed by atoms with van der Waals surface area (Å²) in [5.74, 6) is 0.236. The van der Waals surface area contributed by atoms with Gasteiger partial charge in [0.2, 0.25) is 0 Å². The molecule has 0 unspecified atom stereocenters. The molecule has 1 atom stereocenters. The lowest BCUT2D eigenvalue weighted by Crippen LogP contribution is -2.44. The highest BCUT2D eigenvalue weighted by Crippen LogP contribution is 2.06. The van der Waals surface area contributed by atoms with E-state index < -0.39 is 15.9 Å². The van der Waals surface area contributed by atoms with E-state index in [-0.39, 0.29) is 23.3 Å². The van der Waals surface area contributed by atoms with Gasteiger partial charge in [-0.1, -0.05) is 6.92 Å². The van der Waals surface area contributed by atoms with Crippen molar-refractivity contribution in [2.45, 2.75) is 19.4 Å². The van der Waals surface area contributed by atoms with Crippen molar-refractivity contribution in [2.24, 2.45) is 0 Å². The van der Waals surface area contributed by atoms with Crippen LogP contribution in [0, 0.1) is 0 Å². The normalized spacial score (nSPS) is 21.5. The van der Waals surface area contributed by atoms with Crippen molar-refractivity contribution in [2.75, 3.05) is 31.2 Å². The van der Waals surface area contributed by atoms with Gasteiger partial charge in [-0.25, -0.2) is 8.42 Å². The first-order chi connectivity index (χ1) is 7.44. The Hall–Kier alpha value is -0.400. The smallest absolute Gasteiger partial charge is 0.259 e. The standard InChI is InChI=1S/C9H17NO4S2/c1-2-8(11)7-14-9(15)10-3-5-16(12,13)6-4-10/h8,11H,2-7H2,1H3/t8-/m0/s1. The highest BCUT2D eigenvalue weighted by atomic mass is 32.2. The summed E-state index contributed by atoms with van der Waals surface area (Å²) in [4.78, 5) is 1.72. The molecule has 0 radical (unpaired) electrons. The molecule has 0 aromatic rings. The Morgan fingerprint density at radius 1 is 1.50 bits per heavy atom. The Morgan fingerprint density at radius 3 is 2.56 bits per heavy atom. The van der Waals surface area contributed by atoms with Crippen molar-refractivity contribution in [3.05, 3.63) is 0 Å². The number of aliphatic hydroxyl groups is 1. The molecule has 0 aromatic heterocycles. The van der Waals surface area contributed by atoms with Crippen molar-refractivity contribution in [3.63, 3.8) is 0 Å². The van der Waals surface area contributed by atoms with Gasteiger partial charge in [-0.15, -0.1) is 0 Å². The van der Waals surface area contributed by atoms with Crippen LogP contribution in [-0.2, 0) is 14.6 Å². The fourth-order valence-corrected chi connectivity index (χ4v) is 2.72. The summed E-state index contributed by atoms with van der Waals surface area (Å²) in [5.41, 5.74) is 0. The van der Waals surface area contributed by atoms with Gasteiger partial charge in [0.15, 0.2) is 9.84 Å². The average Bonchev–Trinajstić information content (AvgIpc) is 2.25. The third-order valence-electron chi connectivity index (χ3n) is 2.47. The maximum atomic E-state index is 11.2. The number of thiocarbonyl (C=S) groups is 1. The lowest BCUT2D eigenvalue weighted by molar-refractivity contribution is 0.0900. The van der Waals surface area contributed by atoms with Gasteiger partial charge in [0.25, 0.3) is 5.17 Å². The largest absolute Gasteiger partial charge is 0.468 e. The van der Waals surface area contributed by atoms with E-state index in [1.165, 1.54) is 0 Å². The highest BCUT2D eigenvalue weighted by molar-refractivity contribution is 7.91. The molecule has 0 bridgehead atoms. The maximum Gasteiger partial charge on any atom is 0.259 e. The monoisotopic (exact) mass is 267 g/mol. The Kier molecular flexibility index (Phi) is 4.94. The molecule has 16 heavy (non-hydrogen) atoms. The lowest BCUT2D eigenvalue weighted by atomic mass is 10.3. The quantitative estimate of drug-likeness (QED) is 0.714. The second-order valence-electron chi connectivity index (χ2n) is 3.78. The first kappa shape index (κ1) is 13.7. The molecule has 1 aliphatic rings. The van der Waals surface area contributed by atoms with Gasteiger partial charge in [0.05, 0.1) is 17.6 Å². The molecule has 7 heteroatoms. The molecule has 1 fully saturated rings. The minimum Gasteiger partial charge on any atom is -0.468 e. The van der Waals surface area contributed by atoms with E-state index in [0.29, 0.717) is 19.5 Å². The van der Waals surface area contributed by atoms with Crippen molar-refractivity contribution in [1.29, 1.82) is 0 Å². The average molecular weight is 267 g/mol. The van der Waals surface area contributed by atoms with Gasteiger partial charge in [-0.05, 0) is 18.6 Å². The molecular formula is C9H17NO4S2. The van der Waals surface area contributed by atoms with Gasteiger partial charge in [-0.2, -0.15) is 0 Å². The Labute approximate surface area is 101 Å². The van der Waals surface area contributed by atoms with E-state index in [1.807, 2.05) is 6.92 Å². The van der Waals surface area contributed by atoms with Crippen LogP contribution in [0.1, 0.15) is 13.3 Å². The van der Waals surface area contributed by atoms with Gasteiger partial charge in [-0.3, -0.25) is 0 Å². The Bertz CT molecular complexity index is 327. The zero-order valence-electron chi connectivity index (χ0n) is 9.26. The van der Waals surface area contributed by atoms with Crippen LogP contribution < -0.4 is 0 Å². The van der Waals surface area contributed by atoms with Crippen LogP contribution in [-0.4, -0.2) is 60.9 Å². The van der Waals surface area contributed by atoms with Crippen molar-refractivity contribution >= 4 is 27.2 Å². The molecule has 5 nitrogen and oxygen atoms in total. The van der Waals surface area contributed by atoms with Crippen molar-refractivity contribution < 1.29 is 18.3 Å². The third kappa shape index (κ3) is 4.23. The molecule has 1 aliphatic heterocycles. The third-order valence-corrected chi connectivity index (χ3v) is 4.46.